The van der Waals surface area contributed by atoms with Crippen LogP contribution in [0.2, 0.25) is 0 Å². The Bertz CT molecular complexity index is 1280. The van der Waals surface area contributed by atoms with Gasteiger partial charge in [0.2, 0.25) is 0 Å². The van der Waals surface area contributed by atoms with Crippen LogP contribution in [0.25, 0.3) is 22.3 Å². The predicted molar refractivity (Wildman–Crippen MR) is 140 cm³/mol. The molecular formula is C24H29N7O2S. The maximum atomic E-state index is 12.8. The minimum Gasteiger partial charge on any atom is -0.507 e. The molecular weight excluding hydrogens is 450 g/mol. The Balaban J connectivity index is 1.85. The second kappa shape index (κ2) is 9.86. The van der Waals surface area contributed by atoms with E-state index in [9.17, 15) is 9.90 Å². The number of amides is 1. The van der Waals surface area contributed by atoms with Gasteiger partial charge in [-0.1, -0.05) is 11.9 Å². The Hall–Kier alpha value is -3.37. The van der Waals surface area contributed by atoms with Crippen molar-refractivity contribution in [1.29, 1.82) is 0 Å². The molecule has 10 heteroatoms. The Morgan fingerprint density at radius 3 is 2.82 bits per heavy atom. The molecule has 178 valence electrons. The number of phenolic OH excluding ortho intramolecular Hbond substituents is 1. The number of aromatic hydroxyl groups is 1. The van der Waals surface area contributed by atoms with Crippen molar-refractivity contribution < 1.29 is 9.90 Å². The second-order valence-corrected chi connectivity index (χ2v) is 9.45. The standard InChI is InChI=1S/C24H29N7O2S/c1-13-20(25)14(11-26-2)9-18(22(13)32)23-29-19-6-5-15(31-8-7-16(12-31)34-28-4)10-17(19)21(30-23)24(33)27-3/h5-6,9-11,16,28,32H,7-8,12,25H2,1-4H3,(H,27,33). The van der Waals surface area contributed by atoms with Crippen LogP contribution in [0, 0.1) is 6.92 Å². The van der Waals surface area contributed by atoms with Crippen LogP contribution in [0.4, 0.5) is 11.4 Å². The highest BCUT2D eigenvalue weighted by Crippen LogP contribution is 2.37. The van der Waals surface area contributed by atoms with E-state index in [2.05, 4.69) is 24.9 Å². The van der Waals surface area contributed by atoms with Crippen molar-refractivity contribution in [2.45, 2.75) is 18.6 Å². The molecule has 1 aromatic heterocycles. The average Bonchev–Trinajstić information content (AvgIpc) is 3.32. The van der Waals surface area contributed by atoms with Crippen LogP contribution in [0.1, 0.15) is 28.0 Å². The lowest BCUT2D eigenvalue weighted by Gasteiger charge is -2.20. The van der Waals surface area contributed by atoms with Crippen LogP contribution >= 0.6 is 11.9 Å². The number of nitrogens with zero attached hydrogens (tertiary/aromatic N) is 4. The van der Waals surface area contributed by atoms with Gasteiger partial charge in [0.25, 0.3) is 5.91 Å². The first-order chi connectivity index (χ1) is 16.4. The molecule has 0 saturated carbocycles. The number of aliphatic imine (C=N–C) groups is 1. The molecule has 1 fully saturated rings. The molecule has 9 nitrogen and oxygen atoms in total. The van der Waals surface area contributed by atoms with E-state index in [1.165, 1.54) is 0 Å². The summed E-state index contributed by atoms with van der Waals surface area (Å²) in [6.07, 6.45) is 2.70. The maximum Gasteiger partial charge on any atom is 0.270 e. The molecule has 5 N–H and O–H groups in total. The summed E-state index contributed by atoms with van der Waals surface area (Å²) in [6, 6.07) is 7.58. The SMILES string of the molecule is CN=Cc1cc(-c2nc(C(=O)NC)c3cc(N4CCC(SNC)C4)ccc3n2)c(O)c(C)c1N. The molecule has 1 atom stereocenters. The molecule has 3 aromatic rings. The molecule has 0 aliphatic carbocycles. The third-order valence-electron chi connectivity index (χ3n) is 6.05. The highest BCUT2D eigenvalue weighted by molar-refractivity contribution is 7.98. The Morgan fingerprint density at radius 1 is 1.32 bits per heavy atom. The molecule has 4 rings (SSSR count). The molecule has 0 spiro atoms. The van der Waals surface area contributed by atoms with Crippen LogP contribution < -0.4 is 20.7 Å². The first-order valence-corrected chi connectivity index (χ1v) is 11.9. The zero-order valence-corrected chi connectivity index (χ0v) is 20.5. The lowest BCUT2D eigenvalue weighted by molar-refractivity contribution is 0.0960. The third-order valence-corrected chi connectivity index (χ3v) is 7.00. The summed E-state index contributed by atoms with van der Waals surface area (Å²) >= 11 is 1.74. The number of aromatic nitrogens is 2. The van der Waals surface area contributed by atoms with Gasteiger partial charge < -0.3 is 21.1 Å². The van der Waals surface area contributed by atoms with Gasteiger partial charge in [-0.2, -0.15) is 0 Å². The lowest BCUT2D eigenvalue weighted by Crippen LogP contribution is -2.22. The summed E-state index contributed by atoms with van der Waals surface area (Å²) in [5.41, 5.74) is 10.0. The van der Waals surface area contributed by atoms with Gasteiger partial charge in [-0.05, 0) is 44.7 Å². The monoisotopic (exact) mass is 479 g/mol. The van der Waals surface area contributed by atoms with E-state index in [-0.39, 0.29) is 23.2 Å². The van der Waals surface area contributed by atoms with Gasteiger partial charge >= 0.3 is 0 Å². The van der Waals surface area contributed by atoms with E-state index in [0.717, 1.165) is 25.2 Å². The number of carbonyl (C=O) groups excluding carboxylic acids is 1. The lowest BCUT2D eigenvalue weighted by atomic mass is 10.0. The molecule has 0 bridgehead atoms. The van der Waals surface area contributed by atoms with E-state index in [4.69, 9.17) is 10.7 Å². The highest BCUT2D eigenvalue weighted by Gasteiger charge is 2.25. The fourth-order valence-electron chi connectivity index (χ4n) is 4.21. The number of anilines is 2. The number of carbonyl (C=O) groups is 1. The second-order valence-electron chi connectivity index (χ2n) is 8.14. The van der Waals surface area contributed by atoms with Gasteiger partial charge in [0.05, 0.1) is 11.1 Å². The number of hydrogen-bond acceptors (Lipinski definition) is 9. The van der Waals surface area contributed by atoms with Crippen molar-refractivity contribution in [2.75, 3.05) is 44.9 Å². The summed E-state index contributed by atoms with van der Waals surface area (Å²) in [5, 5.41) is 14.7. The first-order valence-electron chi connectivity index (χ1n) is 11.0. The normalized spacial score (nSPS) is 16.0. The van der Waals surface area contributed by atoms with E-state index >= 15 is 0 Å². The van der Waals surface area contributed by atoms with Crippen LogP contribution in [0.15, 0.2) is 29.3 Å². The van der Waals surface area contributed by atoms with Gasteiger partial charge in [0.15, 0.2) is 5.82 Å². The van der Waals surface area contributed by atoms with Gasteiger partial charge in [-0.15, -0.1) is 0 Å². The average molecular weight is 480 g/mol. The molecule has 1 unspecified atom stereocenters. The molecule has 2 aromatic carbocycles. The fraction of sp³-hybridized carbons (Fsp3) is 0.333. The summed E-state index contributed by atoms with van der Waals surface area (Å²) in [6.45, 7) is 3.59. The van der Waals surface area contributed by atoms with E-state index in [1.807, 2.05) is 25.2 Å². The van der Waals surface area contributed by atoms with Gasteiger partial charge in [-0.25, -0.2) is 9.97 Å². The largest absolute Gasteiger partial charge is 0.507 e. The first kappa shape index (κ1) is 23.8. The predicted octanol–water partition coefficient (Wildman–Crippen LogP) is 2.75. The van der Waals surface area contributed by atoms with Crippen molar-refractivity contribution in [1.82, 2.24) is 20.0 Å². The number of rotatable bonds is 6. The fourth-order valence-corrected chi connectivity index (χ4v) is 5.03. The van der Waals surface area contributed by atoms with Crippen molar-refractivity contribution in [3.63, 3.8) is 0 Å². The molecule has 0 radical (unpaired) electrons. The summed E-state index contributed by atoms with van der Waals surface area (Å²) in [4.78, 5) is 28.5. The number of phenols is 1. The Labute approximate surface area is 203 Å². The summed E-state index contributed by atoms with van der Waals surface area (Å²) in [5.74, 6) is -0.0931. The van der Waals surface area contributed by atoms with Crippen molar-refractivity contribution in [3.8, 4) is 17.1 Å². The van der Waals surface area contributed by atoms with Crippen molar-refractivity contribution in [2.24, 2.45) is 4.99 Å². The van der Waals surface area contributed by atoms with E-state index < -0.39 is 0 Å². The van der Waals surface area contributed by atoms with Crippen LogP contribution in [-0.2, 0) is 0 Å². The van der Waals surface area contributed by atoms with Crippen LogP contribution in [0.5, 0.6) is 5.75 Å². The summed E-state index contributed by atoms with van der Waals surface area (Å²) in [7, 11) is 5.15. The maximum absolute atomic E-state index is 12.8. The van der Waals surface area contributed by atoms with Crippen molar-refractivity contribution in [3.05, 3.63) is 41.1 Å². The number of benzene rings is 2. The molecule has 1 aliphatic heterocycles. The third kappa shape index (κ3) is 4.38. The zero-order valence-electron chi connectivity index (χ0n) is 19.7. The van der Waals surface area contributed by atoms with Gasteiger partial charge in [-0.3, -0.25) is 14.5 Å². The van der Waals surface area contributed by atoms with E-state index in [0.29, 0.717) is 38.5 Å². The molecule has 34 heavy (non-hydrogen) atoms. The quantitative estimate of drug-likeness (QED) is 0.241. The number of nitrogens with two attached hydrogens (primary N) is 1. The molecule has 1 amide bonds. The van der Waals surface area contributed by atoms with Gasteiger partial charge in [0, 0.05) is 66.5 Å². The number of fused-ring (bicyclic) bond motifs is 1. The topological polar surface area (TPSA) is 129 Å². The van der Waals surface area contributed by atoms with Gasteiger partial charge in [0.1, 0.15) is 11.4 Å². The number of nitrogens with one attached hydrogen (secondary N) is 2. The highest BCUT2D eigenvalue weighted by atomic mass is 32.2. The Kier molecular flexibility index (Phi) is 6.90. The van der Waals surface area contributed by atoms with Crippen LogP contribution in [0.3, 0.4) is 0 Å². The van der Waals surface area contributed by atoms with Crippen molar-refractivity contribution >= 4 is 46.3 Å². The number of hydrogen-bond donors (Lipinski definition) is 4. The smallest absolute Gasteiger partial charge is 0.270 e. The van der Waals surface area contributed by atoms with E-state index in [1.54, 1.807) is 45.2 Å². The van der Waals surface area contributed by atoms with Crippen LogP contribution in [-0.4, -0.2) is 66.7 Å². The Morgan fingerprint density at radius 2 is 2.12 bits per heavy atom. The minimum absolute atomic E-state index is 0.0188. The molecule has 2 heterocycles. The molecule has 1 aliphatic rings. The zero-order chi connectivity index (χ0) is 24.4. The molecule has 1 saturated heterocycles. The summed E-state index contributed by atoms with van der Waals surface area (Å²) < 4.78 is 3.17. The minimum atomic E-state index is -0.321. The number of nitrogen functional groups attached to an aromatic ring is 1.